The zero-order chi connectivity index (χ0) is 14.4. The standard InChI is InChI=1S/C10H5ClF2O4S2/c1-17-10(14)8-9(19(11,15)16)7-5(13)2-4(12)3-6(7)18-8/h2-3H,1H3. The number of rotatable bonds is 2. The summed E-state index contributed by atoms with van der Waals surface area (Å²) in [6.45, 7) is 0. The number of benzene rings is 1. The minimum Gasteiger partial charge on any atom is -0.465 e. The van der Waals surface area contributed by atoms with Crippen LogP contribution in [0.15, 0.2) is 17.0 Å². The van der Waals surface area contributed by atoms with Gasteiger partial charge in [-0.1, -0.05) is 0 Å². The Bertz CT molecular complexity index is 782. The van der Waals surface area contributed by atoms with Gasteiger partial charge in [0, 0.05) is 26.8 Å². The summed E-state index contributed by atoms with van der Waals surface area (Å²) in [4.78, 5) is 10.4. The lowest BCUT2D eigenvalue weighted by atomic mass is 10.2. The molecule has 0 aliphatic rings. The normalized spacial score (nSPS) is 11.8. The highest BCUT2D eigenvalue weighted by atomic mass is 35.7. The molecular weight excluding hydrogens is 322 g/mol. The lowest BCUT2D eigenvalue weighted by Gasteiger charge is -2.00. The predicted molar refractivity (Wildman–Crippen MR) is 66.1 cm³/mol. The highest BCUT2D eigenvalue weighted by Crippen LogP contribution is 2.38. The fourth-order valence-electron chi connectivity index (χ4n) is 1.58. The van der Waals surface area contributed by atoms with Crippen LogP contribution >= 0.6 is 22.0 Å². The van der Waals surface area contributed by atoms with Crippen LogP contribution in [0.3, 0.4) is 0 Å². The Labute approximate surface area is 115 Å². The molecule has 0 bridgehead atoms. The number of esters is 1. The van der Waals surface area contributed by atoms with E-state index in [1.54, 1.807) is 0 Å². The van der Waals surface area contributed by atoms with Crippen molar-refractivity contribution in [3.63, 3.8) is 0 Å². The lowest BCUT2D eigenvalue weighted by molar-refractivity contribution is 0.0602. The summed E-state index contributed by atoms with van der Waals surface area (Å²) in [7, 11) is 1.86. The third-order valence-electron chi connectivity index (χ3n) is 2.28. The fourth-order valence-corrected chi connectivity index (χ4v) is 4.51. The van der Waals surface area contributed by atoms with Gasteiger partial charge >= 0.3 is 5.97 Å². The molecule has 0 saturated carbocycles. The first kappa shape index (κ1) is 14.2. The van der Waals surface area contributed by atoms with Crippen molar-refractivity contribution in [3.8, 4) is 0 Å². The molecule has 9 heteroatoms. The van der Waals surface area contributed by atoms with E-state index in [-0.39, 0.29) is 4.70 Å². The Balaban J connectivity index is 2.99. The van der Waals surface area contributed by atoms with Gasteiger partial charge < -0.3 is 4.74 Å². The van der Waals surface area contributed by atoms with Crippen molar-refractivity contribution in [2.75, 3.05) is 7.11 Å². The molecule has 0 aliphatic carbocycles. The van der Waals surface area contributed by atoms with Gasteiger partial charge in [-0.3, -0.25) is 0 Å². The van der Waals surface area contributed by atoms with Crippen LogP contribution in [0.25, 0.3) is 10.1 Å². The second-order valence-corrected chi connectivity index (χ2v) is 7.01. The molecule has 1 heterocycles. The molecule has 19 heavy (non-hydrogen) atoms. The van der Waals surface area contributed by atoms with Gasteiger partial charge in [0.15, 0.2) is 0 Å². The van der Waals surface area contributed by atoms with E-state index in [0.29, 0.717) is 17.4 Å². The Morgan fingerprint density at radius 2 is 2.00 bits per heavy atom. The van der Waals surface area contributed by atoms with Gasteiger partial charge in [0.2, 0.25) is 0 Å². The summed E-state index contributed by atoms with van der Waals surface area (Å²) in [5.41, 5.74) is 0. The van der Waals surface area contributed by atoms with Gasteiger partial charge in [-0.05, 0) is 6.07 Å². The fraction of sp³-hybridized carbons (Fsp3) is 0.100. The molecule has 0 saturated heterocycles. The molecule has 0 N–H and O–H groups in total. The average Bonchev–Trinajstić information content (AvgIpc) is 2.66. The van der Waals surface area contributed by atoms with E-state index in [0.717, 1.165) is 13.2 Å². The molecule has 2 rings (SSSR count). The monoisotopic (exact) mass is 326 g/mol. The molecule has 0 amide bonds. The zero-order valence-corrected chi connectivity index (χ0v) is 11.6. The average molecular weight is 327 g/mol. The minimum absolute atomic E-state index is 0.0443. The Morgan fingerprint density at radius 3 is 2.53 bits per heavy atom. The number of hydrogen-bond acceptors (Lipinski definition) is 5. The molecule has 102 valence electrons. The van der Waals surface area contributed by atoms with Gasteiger partial charge in [0.1, 0.15) is 21.4 Å². The van der Waals surface area contributed by atoms with Crippen molar-refractivity contribution in [1.82, 2.24) is 0 Å². The second-order valence-electron chi connectivity index (χ2n) is 3.45. The van der Waals surface area contributed by atoms with E-state index in [2.05, 4.69) is 4.74 Å². The highest BCUT2D eigenvalue weighted by Gasteiger charge is 2.29. The first-order valence-corrected chi connectivity index (χ1v) is 7.83. The maximum atomic E-state index is 13.7. The van der Waals surface area contributed by atoms with Crippen LogP contribution in [-0.2, 0) is 13.8 Å². The molecule has 0 fully saturated rings. The van der Waals surface area contributed by atoms with Gasteiger partial charge in [-0.2, -0.15) is 0 Å². The van der Waals surface area contributed by atoms with E-state index in [9.17, 15) is 22.0 Å². The zero-order valence-electron chi connectivity index (χ0n) is 9.24. The molecule has 4 nitrogen and oxygen atoms in total. The number of thiophene rings is 1. The molecular formula is C10H5ClF2O4S2. The number of carbonyl (C=O) groups is 1. The van der Waals surface area contributed by atoms with Crippen LogP contribution in [-0.4, -0.2) is 21.5 Å². The Kier molecular flexibility index (Phi) is 3.50. The van der Waals surface area contributed by atoms with Crippen molar-refractivity contribution in [1.29, 1.82) is 0 Å². The van der Waals surface area contributed by atoms with Crippen molar-refractivity contribution in [2.24, 2.45) is 0 Å². The molecule has 0 atom stereocenters. The lowest BCUT2D eigenvalue weighted by Crippen LogP contribution is -2.04. The quantitative estimate of drug-likeness (QED) is 0.629. The smallest absolute Gasteiger partial charge is 0.349 e. The van der Waals surface area contributed by atoms with Crippen LogP contribution < -0.4 is 0 Å². The largest absolute Gasteiger partial charge is 0.465 e. The maximum absolute atomic E-state index is 13.7. The van der Waals surface area contributed by atoms with Crippen LogP contribution in [0.2, 0.25) is 0 Å². The summed E-state index contributed by atoms with van der Waals surface area (Å²) in [6.07, 6.45) is 0. The van der Waals surface area contributed by atoms with Gasteiger partial charge in [0.05, 0.1) is 7.11 Å². The SMILES string of the molecule is COC(=O)c1sc2cc(F)cc(F)c2c1S(=O)(=O)Cl. The molecule has 1 aromatic heterocycles. The van der Waals surface area contributed by atoms with Crippen molar-refractivity contribution >= 4 is 47.1 Å². The molecule has 0 unspecified atom stereocenters. The van der Waals surface area contributed by atoms with E-state index < -0.39 is 41.8 Å². The summed E-state index contributed by atoms with van der Waals surface area (Å²) < 4.78 is 54.1. The third-order valence-corrected chi connectivity index (χ3v) is 4.88. The van der Waals surface area contributed by atoms with Crippen molar-refractivity contribution in [3.05, 3.63) is 28.6 Å². The summed E-state index contributed by atoms with van der Waals surface area (Å²) in [5.74, 6) is -2.98. The summed E-state index contributed by atoms with van der Waals surface area (Å²) in [6, 6.07) is 1.43. The van der Waals surface area contributed by atoms with Crippen LogP contribution in [0.5, 0.6) is 0 Å². The molecule has 0 aliphatic heterocycles. The van der Waals surface area contributed by atoms with Crippen LogP contribution in [0, 0.1) is 11.6 Å². The maximum Gasteiger partial charge on any atom is 0.349 e. The van der Waals surface area contributed by atoms with E-state index in [1.807, 2.05) is 0 Å². The van der Waals surface area contributed by atoms with Crippen molar-refractivity contribution in [2.45, 2.75) is 4.90 Å². The number of ether oxygens (including phenoxy) is 1. The van der Waals surface area contributed by atoms with E-state index in [1.165, 1.54) is 0 Å². The third kappa shape index (κ3) is 2.43. The van der Waals surface area contributed by atoms with E-state index in [4.69, 9.17) is 10.7 Å². The minimum atomic E-state index is -4.39. The molecule has 2 aromatic rings. The van der Waals surface area contributed by atoms with Gasteiger partial charge in [-0.15, -0.1) is 11.3 Å². The summed E-state index contributed by atoms with van der Waals surface area (Å²) in [5, 5.41) is -0.415. The molecule has 0 spiro atoms. The first-order valence-electron chi connectivity index (χ1n) is 4.70. The number of fused-ring (bicyclic) bond motifs is 1. The highest BCUT2D eigenvalue weighted by molar-refractivity contribution is 8.14. The summed E-state index contributed by atoms with van der Waals surface area (Å²) >= 11 is 0.594. The van der Waals surface area contributed by atoms with E-state index >= 15 is 0 Å². The predicted octanol–water partition coefficient (Wildman–Crippen LogP) is 2.89. The van der Waals surface area contributed by atoms with Gasteiger partial charge in [0.25, 0.3) is 9.05 Å². The van der Waals surface area contributed by atoms with Gasteiger partial charge in [-0.25, -0.2) is 22.0 Å². The van der Waals surface area contributed by atoms with Crippen LogP contribution in [0.4, 0.5) is 8.78 Å². The molecule has 1 aromatic carbocycles. The number of hydrogen-bond donors (Lipinski definition) is 0. The number of halogens is 3. The van der Waals surface area contributed by atoms with Crippen molar-refractivity contribution < 1.29 is 26.7 Å². The number of methoxy groups -OCH3 is 1. The number of carbonyl (C=O) groups excluding carboxylic acids is 1. The Hall–Kier alpha value is -1.25. The topological polar surface area (TPSA) is 60.4 Å². The molecule has 0 radical (unpaired) electrons. The first-order chi connectivity index (χ1) is 8.75. The second kappa shape index (κ2) is 4.69. The Morgan fingerprint density at radius 1 is 1.37 bits per heavy atom. The van der Waals surface area contributed by atoms with Crippen LogP contribution in [0.1, 0.15) is 9.67 Å².